The molecule has 0 radical (unpaired) electrons. The predicted octanol–water partition coefficient (Wildman–Crippen LogP) is 3.07. The van der Waals surface area contributed by atoms with Crippen molar-refractivity contribution in [2.75, 3.05) is 6.54 Å². The van der Waals surface area contributed by atoms with Gasteiger partial charge in [0.25, 0.3) is 0 Å². The molecule has 1 heterocycles. The van der Waals surface area contributed by atoms with Crippen LogP contribution in [0.25, 0.3) is 11.4 Å². The molecule has 6 heteroatoms. The van der Waals surface area contributed by atoms with Crippen LogP contribution in [0, 0.1) is 5.82 Å². The van der Waals surface area contributed by atoms with Crippen LogP contribution in [0.1, 0.15) is 19.7 Å². The summed E-state index contributed by atoms with van der Waals surface area (Å²) < 4.78 is 18.1. The summed E-state index contributed by atoms with van der Waals surface area (Å²) in [4.78, 5) is 4.27. The monoisotopic (exact) mass is 283 g/mol. The van der Waals surface area contributed by atoms with Gasteiger partial charge in [-0.05, 0) is 31.7 Å². The van der Waals surface area contributed by atoms with Crippen molar-refractivity contribution in [3.63, 3.8) is 0 Å². The fourth-order valence-electron chi connectivity index (χ4n) is 1.80. The van der Waals surface area contributed by atoms with Crippen LogP contribution in [-0.4, -0.2) is 22.7 Å². The average molecular weight is 284 g/mol. The quantitative estimate of drug-likeness (QED) is 0.916. The zero-order chi connectivity index (χ0) is 13.8. The smallest absolute Gasteiger partial charge is 0.228 e. The van der Waals surface area contributed by atoms with Crippen LogP contribution in [0.2, 0.25) is 5.02 Å². The Balaban J connectivity index is 2.16. The Labute approximate surface area is 116 Å². The van der Waals surface area contributed by atoms with E-state index in [-0.39, 0.29) is 11.1 Å². The summed E-state index contributed by atoms with van der Waals surface area (Å²) in [5, 5.41) is 7.40. The van der Waals surface area contributed by atoms with Gasteiger partial charge in [0.05, 0.1) is 5.02 Å². The Kier molecular flexibility index (Phi) is 4.50. The minimum atomic E-state index is -0.391. The first kappa shape index (κ1) is 14.0. The third-order valence-electron chi connectivity index (χ3n) is 2.67. The topological polar surface area (TPSA) is 51.0 Å². The van der Waals surface area contributed by atoms with Crippen LogP contribution in [0.3, 0.4) is 0 Å². The molecule has 0 bridgehead atoms. The van der Waals surface area contributed by atoms with E-state index in [1.54, 1.807) is 6.07 Å². The van der Waals surface area contributed by atoms with Crippen molar-refractivity contribution in [1.82, 2.24) is 15.5 Å². The average Bonchev–Trinajstić information content (AvgIpc) is 2.77. The molecule has 1 aromatic carbocycles. The van der Waals surface area contributed by atoms with Gasteiger partial charge >= 0.3 is 0 Å². The summed E-state index contributed by atoms with van der Waals surface area (Å²) in [5.74, 6) is 0.519. The summed E-state index contributed by atoms with van der Waals surface area (Å²) in [6.45, 7) is 4.96. The fourth-order valence-corrected chi connectivity index (χ4v) is 2.05. The third kappa shape index (κ3) is 3.52. The molecule has 0 spiro atoms. The van der Waals surface area contributed by atoms with E-state index in [9.17, 15) is 4.39 Å². The highest BCUT2D eigenvalue weighted by molar-refractivity contribution is 6.33. The van der Waals surface area contributed by atoms with Gasteiger partial charge in [-0.2, -0.15) is 4.98 Å². The van der Waals surface area contributed by atoms with E-state index in [1.165, 1.54) is 12.1 Å². The van der Waals surface area contributed by atoms with Crippen molar-refractivity contribution in [2.45, 2.75) is 26.3 Å². The number of likely N-dealkylation sites (N-methyl/N-ethyl adjacent to an activating group) is 1. The number of nitrogens with one attached hydrogen (secondary N) is 1. The molecule has 0 aliphatic rings. The second-order valence-electron chi connectivity index (χ2n) is 4.30. The van der Waals surface area contributed by atoms with E-state index in [4.69, 9.17) is 16.1 Å². The lowest BCUT2D eigenvalue weighted by Crippen LogP contribution is -2.27. The zero-order valence-electron chi connectivity index (χ0n) is 10.8. The molecule has 1 N–H and O–H groups in total. The highest BCUT2D eigenvalue weighted by Gasteiger charge is 2.14. The van der Waals surface area contributed by atoms with Gasteiger partial charge in [0.2, 0.25) is 11.7 Å². The number of benzene rings is 1. The van der Waals surface area contributed by atoms with Crippen LogP contribution in [0.15, 0.2) is 22.7 Å². The van der Waals surface area contributed by atoms with Crippen LogP contribution in [-0.2, 0) is 6.42 Å². The standard InChI is InChI=1S/C13H15ClFN3O/c1-3-16-8(2)6-12-17-13(18-19-12)10-5-4-9(15)7-11(10)14/h4-5,7-8,16H,3,6H2,1-2H3. The molecule has 0 amide bonds. The van der Waals surface area contributed by atoms with Crippen LogP contribution in [0.4, 0.5) is 4.39 Å². The fraction of sp³-hybridized carbons (Fsp3) is 0.385. The maximum atomic E-state index is 13.0. The molecule has 0 fully saturated rings. The first-order chi connectivity index (χ1) is 9.10. The normalized spacial score (nSPS) is 12.6. The predicted molar refractivity (Wildman–Crippen MR) is 71.5 cm³/mol. The van der Waals surface area contributed by atoms with Gasteiger partial charge in [0.1, 0.15) is 5.82 Å². The first-order valence-electron chi connectivity index (χ1n) is 6.11. The Morgan fingerprint density at radius 2 is 2.26 bits per heavy atom. The molecular formula is C13H15ClFN3O. The van der Waals surface area contributed by atoms with Gasteiger partial charge in [0.15, 0.2) is 0 Å². The van der Waals surface area contributed by atoms with E-state index in [1.807, 2.05) is 13.8 Å². The lowest BCUT2D eigenvalue weighted by Gasteiger charge is -2.07. The summed E-state index contributed by atoms with van der Waals surface area (Å²) >= 11 is 5.95. The lowest BCUT2D eigenvalue weighted by molar-refractivity contribution is 0.363. The maximum absolute atomic E-state index is 13.0. The second kappa shape index (κ2) is 6.12. The molecule has 102 valence electrons. The van der Waals surface area contributed by atoms with E-state index < -0.39 is 5.82 Å². The van der Waals surface area contributed by atoms with Crippen molar-refractivity contribution < 1.29 is 8.91 Å². The Hall–Kier alpha value is -1.46. The Morgan fingerprint density at radius 3 is 2.95 bits per heavy atom. The van der Waals surface area contributed by atoms with Crippen molar-refractivity contribution in [1.29, 1.82) is 0 Å². The van der Waals surface area contributed by atoms with Gasteiger partial charge in [-0.15, -0.1) is 0 Å². The second-order valence-corrected chi connectivity index (χ2v) is 4.71. The zero-order valence-corrected chi connectivity index (χ0v) is 11.5. The van der Waals surface area contributed by atoms with Crippen molar-refractivity contribution >= 4 is 11.6 Å². The summed E-state index contributed by atoms with van der Waals surface area (Å²) in [6.07, 6.45) is 0.639. The highest BCUT2D eigenvalue weighted by atomic mass is 35.5. The van der Waals surface area contributed by atoms with Crippen molar-refractivity contribution in [3.8, 4) is 11.4 Å². The summed E-state index contributed by atoms with van der Waals surface area (Å²) in [7, 11) is 0. The summed E-state index contributed by atoms with van der Waals surface area (Å²) in [5.41, 5.74) is 0.564. The van der Waals surface area contributed by atoms with Gasteiger partial charge in [-0.3, -0.25) is 0 Å². The molecule has 2 aromatic rings. The SMILES string of the molecule is CCNC(C)Cc1nc(-c2ccc(F)cc2Cl)no1. The number of aromatic nitrogens is 2. The molecule has 1 atom stereocenters. The minimum absolute atomic E-state index is 0.252. The molecule has 0 aliphatic carbocycles. The molecule has 1 unspecified atom stereocenters. The molecule has 19 heavy (non-hydrogen) atoms. The maximum Gasteiger partial charge on any atom is 0.228 e. The molecule has 2 rings (SSSR count). The summed E-state index contributed by atoms with van der Waals surface area (Å²) in [6, 6.07) is 4.34. The van der Waals surface area contributed by atoms with E-state index >= 15 is 0 Å². The number of hydrogen-bond acceptors (Lipinski definition) is 4. The molecule has 0 aliphatic heterocycles. The molecular weight excluding hydrogens is 269 g/mol. The van der Waals surface area contributed by atoms with Gasteiger partial charge in [-0.1, -0.05) is 23.7 Å². The molecule has 4 nitrogen and oxygen atoms in total. The van der Waals surface area contributed by atoms with Gasteiger partial charge in [-0.25, -0.2) is 4.39 Å². The molecule has 0 saturated heterocycles. The van der Waals surface area contributed by atoms with E-state index in [0.29, 0.717) is 23.7 Å². The molecule has 1 aromatic heterocycles. The van der Waals surface area contributed by atoms with Gasteiger partial charge in [0, 0.05) is 18.0 Å². The minimum Gasteiger partial charge on any atom is -0.339 e. The first-order valence-corrected chi connectivity index (χ1v) is 6.49. The number of rotatable bonds is 5. The molecule has 0 saturated carbocycles. The van der Waals surface area contributed by atoms with Crippen molar-refractivity contribution in [2.24, 2.45) is 0 Å². The Bertz CT molecular complexity index is 559. The number of hydrogen-bond donors (Lipinski definition) is 1. The van der Waals surface area contributed by atoms with Crippen LogP contribution in [0.5, 0.6) is 0 Å². The van der Waals surface area contributed by atoms with Gasteiger partial charge < -0.3 is 9.84 Å². The van der Waals surface area contributed by atoms with Crippen molar-refractivity contribution in [3.05, 3.63) is 34.9 Å². The highest BCUT2D eigenvalue weighted by Crippen LogP contribution is 2.26. The number of halogens is 2. The third-order valence-corrected chi connectivity index (χ3v) is 2.99. The lowest BCUT2D eigenvalue weighted by atomic mass is 10.2. The Morgan fingerprint density at radius 1 is 1.47 bits per heavy atom. The van der Waals surface area contributed by atoms with E-state index in [2.05, 4.69) is 15.5 Å². The van der Waals surface area contributed by atoms with Crippen LogP contribution >= 0.6 is 11.6 Å². The largest absolute Gasteiger partial charge is 0.339 e. The number of nitrogens with zero attached hydrogens (tertiary/aromatic N) is 2. The van der Waals surface area contributed by atoms with E-state index in [0.717, 1.165) is 6.54 Å². The van der Waals surface area contributed by atoms with Crippen LogP contribution < -0.4 is 5.32 Å².